The zero-order valence-corrected chi connectivity index (χ0v) is 12.5. The summed E-state index contributed by atoms with van der Waals surface area (Å²) in [6.07, 6.45) is 3.54. The van der Waals surface area contributed by atoms with Crippen molar-refractivity contribution in [1.82, 2.24) is 4.98 Å². The van der Waals surface area contributed by atoms with Crippen LogP contribution < -0.4 is 4.90 Å². The first-order chi connectivity index (χ1) is 10.8. The van der Waals surface area contributed by atoms with E-state index in [1.807, 2.05) is 24.3 Å². The maximum atomic E-state index is 12.2. The third-order valence-corrected chi connectivity index (χ3v) is 3.69. The molecule has 5 nitrogen and oxygen atoms in total. The fourth-order valence-corrected chi connectivity index (χ4v) is 2.58. The van der Waals surface area contributed by atoms with Crippen molar-refractivity contribution in [3.63, 3.8) is 0 Å². The molecule has 0 spiro atoms. The molecule has 0 saturated carbocycles. The third kappa shape index (κ3) is 3.00. The molecule has 1 aliphatic heterocycles. The number of benzene rings is 1. The molecule has 1 amide bonds. The number of ether oxygens (including phenoxy) is 2. The molecule has 0 bridgehead atoms. The lowest BCUT2D eigenvalue weighted by atomic mass is 10.0. The van der Waals surface area contributed by atoms with Crippen LogP contribution in [0.3, 0.4) is 0 Å². The average molecular weight is 298 g/mol. The van der Waals surface area contributed by atoms with Gasteiger partial charge in [-0.1, -0.05) is 6.07 Å². The van der Waals surface area contributed by atoms with Gasteiger partial charge in [-0.25, -0.2) is 0 Å². The van der Waals surface area contributed by atoms with Crippen LogP contribution in [0.1, 0.15) is 5.56 Å². The topological polar surface area (TPSA) is 51.7 Å². The van der Waals surface area contributed by atoms with Crippen LogP contribution in [0.4, 0.5) is 5.69 Å². The minimum absolute atomic E-state index is 0.0348. The van der Waals surface area contributed by atoms with E-state index in [2.05, 4.69) is 11.1 Å². The normalized spacial score (nSPS) is 14.6. The lowest BCUT2D eigenvalue weighted by Gasteiger charge is -2.22. The summed E-state index contributed by atoms with van der Waals surface area (Å²) in [6, 6.07) is 10.0. The summed E-state index contributed by atoms with van der Waals surface area (Å²) >= 11 is 0. The first kappa shape index (κ1) is 14.7. The van der Waals surface area contributed by atoms with Crippen LogP contribution in [0.5, 0.6) is 0 Å². The van der Waals surface area contributed by atoms with Gasteiger partial charge in [-0.2, -0.15) is 0 Å². The second-order valence-electron chi connectivity index (χ2n) is 5.11. The zero-order valence-electron chi connectivity index (χ0n) is 12.5. The molecule has 2 aromatic rings. The summed E-state index contributed by atoms with van der Waals surface area (Å²) in [4.78, 5) is 18.0. The van der Waals surface area contributed by atoms with E-state index < -0.39 is 0 Å². The van der Waals surface area contributed by atoms with E-state index in [0.717, 1.165) is 22.4 Å². The number of nitrogens with zero attached hydrogens (tertiary/aromatic N) is 2. The number of rotatable bonds is 4. The lowest BCUT2D eigenvalue weighted by Crippen LogP contribution is -2.35. The minimum atomic E-state index is -0.0348. The molecular weight excluding hydrogens is 280 g/mol. The van der Waals surface area contributed by atoms with Crippen LogP contribution in [0.2, 0.25) is 0 Å². The monoisotopic (exact) mass is 298 g/mol. The molecule has 0 N–H and O–H groups in total. The molecule has 1 aromatic heterocycles. The quantitative estimate of drug-likeness (QED) is 0.869. The molecule has 1 aliphatic rings. The fourth-order valence-electron chi connectivity index (χ4n) is 2.58. The predicted octanol–water partition coefficient (Wildman–Crippen LogP) is 2.26. The SMILES string of the molecule is COCCN1C(=O)COCc2cc(-c3ccncc3)ccc21. The van der Waals surface area contributed by atoms with Crippen LogP contribution in [-0.4, -0.2) is 37.8 Å². The number of aromatic nitrogens is 1. The van der Waals surface area contributed by atoms with Gasteiger partial charge in [-0.15, -0.1) is 0 Å². The maximum absolute atomic E-state index is 12.2. The molecule has 3 rings (SSSR count). The Balaban J connectivity index is 1.97. The van der Waals surface area contributed by atoms with Gasteiger partial charge < -0.3 is 14.4 Å². The second kappa shape index (κ2) is 6.68. The standard InChI is InChI=1S/C17H18N2O3/c1-21-9-8-19-16-3-2-14(13-4-6-18-7-5-13)10-15(16)11-22-12-17(19)20/h2-7,10H,8-9,11-12H2,1H3. The largest absolute Gasteiger partial charge is 0.383 e. The first-order valence-corrected chi connectivity index (χ1v) is 7.20. The van der Waals surface area contributed by atoms with Crippen LogP contribution >= 0.6 is 0 Å². The molecule has 1 aromatic carbocycles. The van der Waals surface area contributed by atoms with Crippen molar-refractivity contribution < 1.29 is 14.3 Å². The zero-order chi connectivity index (χ0) is 15.4. The molecule has 5 heteroatoms. The molecule has 114 valence electrons. The van der Waals surface area contributed by atoms with E-state index >= 15 is 0 Å². The van der Waals surface area contributed by atoms with Crippen molar-refractivity contribution in [2.75, 3.05) is 31.8 Å². The highest BCUT2D eigenvalue weighted by molar-refractivity contribution is 5.96. The van der Waals surface area contributed by atoms with Crippen molar-refractivity contribution in [2.45, 2.75) is 6.61 Å². The van der Waals surface area contributed by atoms with E-state index in [4.69, 9.17) is 9.47 Å². The number of carbonyl (C=O) groups is 1. The van der Waals surface area contributed by atoms with E-state index in [1.165, 1.54) is 0 Å². The number of methoxy groups -OCH3 is 1. The van der Waals surface area contributed by atoms with Crippen molar-refractivity contribution in [2.24, 2.45) is 0 Å². The molecule has 2 heterocycles. The van der Waals surface area contributed by atoms with Crippen LogP contribution in [0, 0.1) is 0 Å². The number of hydrogen-bond acceptors (Lipinski definition) is 4. The Hall–Kier alpha value is -2.24. The van der Waals surface area contributed by atoms with E-state index in [0.29, 0.717) is 19.8 Å². The molecule has 0 unspecified atom stereocenters. The van der Waals surface area contributed by atoms with Gasteiger partial charge >= 0.3 is 0 Å². The van der Waals surface area contributed by atoms with Gasteiger partial charge in [0.2, 0.25) is 0 Å². The molecule has 0 atom stereocenters. The number of fused-ring (bicyclic) bond motifs is 1. The fraction of sp³-hybridized carbons (Fsp3) is 0.294. The lowest BCUT2D eigenvalue weighted by molar-refractivity contribution is -0.123. The number of pyridine rings is 1. The van der Waals surface area contributed by atoms with E-state index in [1.54, 1.807) is 24.4 Å². The highest BCUT2D eigenvalue weighted by Gasteiger charge is 2.22. The summed E-state index contributed by atoms with van der Waals surface area (Å²) < 4.78 is 10.6. The highest BCUT2D eigenvalue weighted by atomic mass is 16.5. The van der Waals surface area contributed by atoms with Gasteiger partial charge in [0.25, 0.3) is 5.91 Å². The average Bonchev–Trinajstić information content (AvgIpc) is 2.71. The summed E-state index contributed by atoms with van der Waals surface area (Å²) in [5.41, 5.74) is 4.09. The van der Waals surface area contributed by atoms with Crippen LogP contribution in [-0.2, 0) is 20.9 Å². The Labute approximate surface area is 129 Å². The van der Waals surface area contributed by atoms with Gasteiger partial charge in [-0.3, -0.25) is 9.78 Å². The molecule has 0 radical (unpaired) electrons. The Morgan fingerprint density at radius 3 is 2.77 bits per heavy atom. The predicted molar refractivity (Wildman–Crippen MR) is 83.6 cm³/mol. The second-order valence-corrected chi connectivity index (χ2v) is 5.11. The number of amides is 1. The highest BCUT2D eigenvalue weighted by Crippen LogP contribution is 2.29. The Kier molecular flexibility index (Phi) is 4.46. The first-order valence-electron chi connectivity index (χ1n) is 7.20. The summed E-state index contributed by atoms with van der Waals surface area (Å²) in [6.45, 7) is 1.56. The van der Waals surface area contributed by atoms with Crippen molar-refractivity contribution >= 4 is 11.6 Å². The van der Waals surface area contributed by atoms with Gasteiger partial charge in [0.15, 0.2) is 0 Å². The smallest absolute Gasteiger partial charge is 0.253 e. The van der Waals surface area contributed by atoms with Gasteiger partial charge in [-0.05, 0) is 35.4 Å². The van der Waals surface area contributed by atoms with Gasteiger partial charge in [0, 0.05) is 37.3 Å². The Morgan fingerprint density at radius 2 is 2.00 bits per heavy atom. The molecule has 0 fully saturated rings. The molecule has 0 aliphatic carbocycles. The van der Waals surface area contributed by atoms with Crippen molar-refractivity contribution in [3.8, 4) is 11.1 Å². The van der Waals surface area contributed by atoms with Gasteiger partial charge in [0.1, 0.15) is 6.61 Å². The Morgan fingerprint density at radius 1 is 1.18 bits per heavy atom. The number of anilines is 1. The summed E-state index contributed by atoms with van der Waals surface area (Å²) in [7, 11) is 1.63. The van der Waals surface area contributed by atoms with Crippen LogP contribution in [0.15, 0.2) is 42.7 Å². The van der Waals surface area contributed by atoms with Gasteiger partial charge in [0.05, 0.1) is 13.2 Å². The summed E-state index contributed by atoms with van der Waals surface area (Å²) in [5, 5.41) is 0. The van der Waals surface area contributed by atoms with Crippen molar-refractivity contribution in [3.05, 3.63) is 48.3 Å². The third-order valence-electron chi connectivity index (χ3n) is 3.69. The van der Waals surface area contributed by atoms with Crippen LogP contribution in [0.25, 0.3) is 11.1 Å². The van der Waals surface area contributed by atoms with E-state index in [-0.39, 0.29) is 12.5 Å². The minimum Gasteiger partial charge on any atom is -0.383 e. The maximum Gasteiger partial charge on any atom is 0.253 e. The van der Waals surface area contributed by atoms with E-state index in [9.17, 15) is 4.79 Å². The summed E-state index contributed by atoms with van der Waals surface area (Å²) in [5.74, 6) is -0.0348. The van der Waals surface area contributed by atoms with Crippen molar-refractivity contribution in [1.29, 1.82) is 0 Å². The number of carbonyl (C=O) groups excluding carboxylic acids is 1. The molecule has 0 saturated heterocycles. The molecule has 22 heavy (non-hydrogen) atoms. The Bertz CT molecular complexity index is 658. The number of hydrogen-bond donors (Lipinski definition) is 0. The molecular formula is C17H18N2O3.